The number of carbonyl (C=O) groups is 2. The van der Waals surface area contributed by atoms with Crippen molar-refractivity contribution in [3.63, 3.8) is 0 Å². The number of ether oxygens (including phenoxy) is 3. The fourth-order valence-electron chi connectivity index (χ4n) is 2.51. The molecule has 0 radical (unpaired) electrons. The van der Waals surface area contributed by atoms with Crippen LogP contribution in [0.15, 0.2) is 48.2 Å². The van der Waals surface area contributed by atoms with E-state index in [2.05, 4.69) is 0 Å². The number of hydrogen-bond acceptors (Lipinski definition) is 6. The summed E-state index contributed by atoms with van der Waals surface area (Å²) in [4.78, 5) is 24.6. The molecular formula is C17H10O6. The van der Waals surface area contributed by atoms with Crippen LogP contribution in [0.1, 0.15) is 20.7 Å². The van der Waals surface area contributed by atoms with Gasteiger partial charge in [-0.1, -0.05) is 12.1 Å². The Morgan fingerprint density at radius 1 is 1.04 bits per heavy atom. The van der Waals surface area contributed by atoms with Crippen molar-refractivity contribution in [3.8, 4) is 23.0 Å². The second-order valence-corrected chi connectivity index (χ2v) is 5.02. The Balaban J connectivity index is 1.69. The monoisotopic (exact) mass is 310 g/mol. The number of ketones is 2. The van der Waals surface area contributed by atoms with E-state index in [1.54, 1.807) is 18.2 Å². The van der Waals surface area contributed by atoms with E-state index in [0.29, 0.717) is 17.2 Å². The van der Waals surface area contributed by atoms with E-state index in [-0.39, 0.29) is 29.4 Å². The van der Waals surface area contributed by atoms with E-state index in [4.69, 9.17) is 14.2 Å². The molecular weight excluding hydrogens is 300 g/mol. The smallest absolute Gasteiger partial charge is 0.232 e. The summed E-state index contributed by atoms with van der Waals surface area (Å²) in [5, 5.41) is 9.86. The highest BCUT2D eigenvalue weighted by Gasteiger charge is 2.30. The third-order valence-corrected chi connectivity index (χ3v) is 3.59. The largest absolute Gasteiger partial charge is 0.507 e. The highest BCUT2D eigenvalue weighted by Crippen LogP contribution is 2.36. The lowest BCUT2D eigenvalue weighted by Crippen LogP contribution is -2.20. The Morgan fingerprint density at radius 3 is 2.74 bits per heavy atom. The van der Waals surface area contributed by atoms with Crippen molar-refractivity contribution in [1.29, 1.82) is 0 Å². The molecule has 0 spiro atoms. The van der Waals surface area contributed by atoms with Gasteiger partial charge in [-0.25, -0.2) is 0 Å². The Kier molecular flexibility index (Phi) is 2.84. The predicted molar refractivity (Wildman–Crippen MR) is 78.0 cm³/mol. The van der Waals surface area contributed by atoms with Crippen LogP contribution < -0.4 is 14.2 Å². The Morgan fingerprint density at radius 2 is 1.87 bits per heavy atom. The molecule has 6 nitrogen and oxygen atoms in total. The van der Waals surface area contributed by atoms with Gasteiger partial charge >= 0.3 is 0 Å². The summed E-state index contributed by atoms with van der Waals surface area (Å²) in [6, 6.07) is 9.18. The molecule has 0 saturated carbocycles. The van der Waals surface area contributed by atoms with Crippen molar-refractivity contribution < 1.29 is 28.9 Å². The highest BCUT2D eigenvalue weighted by atomic mass is 16.7. The number of benzene rings is 2. The van der Waals surface area contributed by atoms with Gasteiger partial charge in [0.25, 0.3) is 0 Å². The van der Waals surface area contributed by atoms with Gasteiger partial charge < -0.3 is 19.3 Å². The number of hydrogen-bond donors (Lipinski definition) is 1. The van der Waals surface area contributed by atoms with Crippen molar-refractivity contribution in [2.24, 2.45) is 0 Å². The Labute approximate surface area is 130 Å². The van der Waals surface area contributed by atoms with E-state index in [1.807, 2.05) is 0 Å². The minimum absolute atomic E-state index is 0.0456. The minimum atomic E-state index is -0.546. The van der Waals surface area contributed by atoms with Gasteiger partial charge in [0.1, 0.15) is 11.5 Å². The van der Waals surface area contributed by atoms with Crippen molar-refractivity contribution in [2.45, 2.75) is 0 Å². The van der Waals surface area contributed by atoms with Crippen LogP contribution in [0.5, 0.6) is 23.0 Å². The third kappa shape index (κ3) is 2.12. The summed E-state index contributed by atoms with van der Waals surface area (Å²) in [6.07, 6.45) is 1.12. The van der Waals surface area contributed by atoms with Crippen molar-refractivity contribution in [2.75, 3.05) is 6.79 Å². The molecule has 4 rings (SSSR count). The Bertz CT molecular complexity index is 881. The SMILES string of the molecule is O=C1C=C(Oc2ccc3c(c2)OCO3)C(=O)c2c(O)cccc21. The standard InChI is InChI=1S/C17H10O6/c18-11-3-1-2-10-12(19)7-15(17(20)16(10)11)23-9-4-5-13-14(6-9)22-8-21-13/h1-7,18H,8H2. The number of rotatable bonds is 2. The number of phenolic OH excluding ortho intramolecular Hbond substituents is 1. The maximum absolute atomic E-state index is 12.5. The van der Waals surface area contributed by atoms with Crippen LogP contribution in [0.25, 0.3) is 0 Å². The van der Waals surface area contributed by atoms with E-state index in [1.165, 1.54) is 18.2 Å². The summed E-state index contributed by atoms with van der Waals surface area (Å²) >= 11 is 0. The minimum Gasteiger partial charge on any atom is -0.507 e. The molecule has 2 aromatic rings. The van der Waals surface area contributed by atoms with Gasteiger partial charge in [-0.2, -0.15) is 0 Å². The first kappa shape index (κ1) is 13.4. The summed E-state index contributed by atoms with van der Waals surface area (Å²) in [6.45, 7) is 0.125. The lowest BCUT2D eigenvalue weighted by molar-refractivity contribution is 0.0944. The summed E-state index contributed by atoms with van der Waals surface area (Å²) in [5.41, 5.74) is 0.115. The molecule has 0 atom stereocenters. The molecule has 1 aliphatic heterocycles. The number of phenols is 1. The zero-order valence-electron chi connectivity index (χ0n) is 11.7. The maximum Gasteiger partial charge on any atom is 0.232 e. The molecule has 23 heavy (non-hydrogen) atoms. The van der Waals surface area contributed by atoms with Crippen LogP contribution in [-0.2, 0) is 0 Å². The van der Waals surface area contributed by atoms with Gasteiger partial charge in [0.15, 0.2) is 23.0 Å². The zero-order chi connectivity index (χ0) is 16.0. The summed E-state index contributed by atoms with van der Waals surface area (Å²) in [7, 11) is 0. The van der Waals surface area contributed by atoms with Gasteiger partial charge in [0.05, 0.1) is 5.56 Å². The molecule has 0 aromatic heterocycles. The number of aromatic hydroxyl groups is 1. The molecule has 0 unspecified atom stereocenters. The van der Waals surface area contributed by atoms with Crippen molar-refractivity contribution in [3.05, 3.63) is 59.4 Å². The first-order chi connectivity index (χ1) is 11.1. The molecule has 114 valence electrons. The first-order valence-electron chi connectivity index (χ1n) is 6.84. The van der Waals surface area contributed by atoms with Crippen LogP contribution in [-0.4, -0.2) is 23.5 Å². The van der Waals surface area contributed by atoms with Crippen LogP contribution in [0.3, 0.4) is 0 Å². The number of allylic oxidation sites excluding steroid dienone is 2. The van der Waals surface area contributed by atoms with Crippen molar-refractivity contribution >= 4 is 11.6 Å². The van der Waals surface area contributed by atoms with E-state index in [0.717, 1.165) is 6.08 Å². The predicted octanol–water partition coefficient (Wildman–Crippen LogP) is 2.46. The third-order valence-electron chi connectivity index (χ3n) is 3.59. The quantitative estimate of drug-likeness (QED) is 0.917. The normalized spacial score (nSPS) is 15.2. The molecule has 1 N–H and O–H groups in total. The second kappa shape index (κ2) is 4.88. The average Bonchev–Trinajstić information content (AvgIpc) is 3.00. The first-order valence-corrected chi connectivity index (χ1v) is 6.84. The molecule has 0 fully saturated rings. The maximum atomic E-state index is 12.5. The number of carbonyl (C=O) groups excluding carboxylic acids is 2. The topological polar surface area (TPSA) is 82.1 Å². The van der Waals surface area contributed by atoms with Crippen LogP contribution in [0.4, 0.5) is 0 Å². The van der Waals surface area contributed by atoms with Gasteiger partial charge in [-0.15, -0.1) is 0 Å². The van der Waals surface area contributed by atoms with Crippen LogP contribution in [0, 0.1) is 0 Å². The number of fused-ring (bicyclic) bond motifs is 2. The van der Waals surface area contributed by atoms with Crippen LogP contribution >= 0.6 is 0 Å². The van der Waals surface area contributed by atoms with Gasteiger partial charge in [-0.3, -0.25) is 9.59 Å². The summed E-state index contributed by atoms with van der Waals surface area (Å²) in [5.74, 6) is 0.0760. The lowest BCUT2D eigenvalue weighted by atomic mass is 9.93. The fourth-order valence-corrected chi connectivity index (χ4v) is 2.51. The lowest BCUT2D eigenvalue weighted by Gasteiger charge is -2.16. The molecule has 1 heterocycles. The molecule has 0 bridgehead atoms. The van der Waals surface area contributed by atoms with E-state index >= 15 is 0 Å². The Hall–Kier alpha value is -3.28. The molecule has 2 aliphatic rings. The average molecular weight is 310 g/mol. The molecule has 1 aliphatic carbocycles. The molecule has 0 saturated heterocycles. The zero-order valence-corrected chi connectivity index (χ0v) is 11.7. The summed E-state index contributed by atoms with van der Waals surface area (Å²) < 4.78 is 16.0. The van der Waals surface area contributed by atoms with Gasteiger partial charge in [-0.05, 0) is 18.2 Å². The molecule has 2 aromatic carbocycles. The van der Waals surface area contributed by atoms with Gasteiger partial charge in [0, 0.05) is 17.7 Å². The van der Waals surface area contributed by atoms with Gasteiger partial charge in [0.2, 0.25) is 12.6 Å². The molecule has 6 heteroatoms. The number of Topliss-reactive ketones (excluding diaryl/α,β-unsaturated/α-hetero) is 1. The van der Waals surface area contributed by atoms with E-state index < -0.39 is 11.6 Å². The van der Waals surface area contributed by atoms with Crippen LogP contribution in [0.2, 0.25) is 0 Å². The van der Waals surface area contributed by atoms with E-state index in [9.17, 15) is 14.7 Å². The molecule has 0 amide bonds. The second-order valence-electron chi connectivity index (χ2n) is 5.02. The highest BCUT2D eigenvalue weighted by molar-refractivity contribution is 6.24. The van der Waals surface area contributed by atoms with Crippen molar-refractivity contribution in [1.82, 2.24) is 0 Å². The fraction of sp³-hybridized carbons (Fsp3) is 0.0588.